The first kappa shape index (κ1) is 8.07. The predicted molar refractivity (Wildman–Crippen MR) is 42.9 cm³/mol. The third kappa shape index (κ3) is 1.52. The van der Waals surface area contributed by atoms with Crippen LogP contribution in [0, 0.1) is 0 Å². The van der Waals surface area contributed by atoms with Gasteiger partial charge in [-0.1, -0.05) is 27.7 Å². The zero-order valence-electron chi connectivity index (χ0n) is 5.26. The fourth-order valence-corrected chi connectivity index (χ4v) is 1.97. The molecular formula is C5H6BrNO2S. The summed E-state index contributed by atoms with van der Waals surface area (Å²) in [7, 11) is 0. The SMILES string of the molecule is CC(=O)S[C@H]1NC(=O)[C@@H]1Br. The van der Waals surface area contributed by atoms with Gasteiger partial charge in [-0.2, -0.15) is 0 Å². The van der Waals surface area contributed by atoms with Gasteiger partial charge in [0.15, 0.2) is 5.12 Å². The average Bonchev–Trinajstić information content (AvgIpc) is 1.86. The molecule has 0 unspecified atom stereocenters. The number of alkyl halides is 1. The van der Waals surface area contributed by atoms with Crippen LogP contribution in [0.5, 0.6) is 0 Å². The second kappa shape index (κ2) is 2.92. The van der Waals surface area contributed by atoms with Crippen LogP contribution < -0.4 is 5.32 Å². The van der Waals surface area contributed by atoms with Crippen molar-refractivity contribution in [3.05, 3.63) is 0 Å². The van der Waals surface area contributed by atoms with Gasteiger partial charge in [0.1, 0.15) is 10.2 Å². The van der Waals surface area contributed by atoms with Crippen molar-refractivity contribution in [1.82, 2.24) is 5.32 Å². The zero-order valence-corrected chi connectivity index (χ0v) is 7.66. The number of carbonyl (C=O) groups is 2. The van der Waals surface area contributed by atoms with Gasteiger partial charge in [-0.05, 0) is 0 Å². The lowest BCUT2D eigenvalue weighted by molar-refractivity contribution is -0.125. The smallest absolute Gasteiger partial charge is 0.237 e. The molecule has 1 aliphatic rings. The Morgan fingerprint density at radius 1 is 1.80 bits per heavy atom. The summed E-state index contributed by atoms with van der Waals surface area (Å²) in [6.07, 6.45) is 0. The van der Waals surface area contributed by atoms with E-state index in [4.69, 9.17) is 0 Å². The van der Waals surface area contributed by atoms with E-state index in [0.29, 0.717) is 0 Å². The minimum Gasteiger partial charge on any atom is -0.341 e. The van der Waals surface area contributed by atoms with Crippen molar-refractivity contribution in [2.45, 2.75) is 17.1 Å². The monoisotopic (exact) mass is 223 g/mol. The molecule has 0 bridgehead atoms. The number of halogens is 1. The van der Waals surface area contributed by atoms with Gasteiger partial charge >= 0.3 is 0 Å². The van der Waals surface area contributed by atoms with Gasteiger partial charge in [-0.3, -0.25) is 9.59 Å². The second-order valence-corrected chi connectivity index (χ2v) is 4.25. The molecule has 3 nitrogen and oxygen atoms in total. The van der Waals surface area contributed by atoms with Gasteiger partial charge in [0.05, 0.1) is 0 Å². The van der Waals surface area contributed by atoms with E-state index in [1.807, 2.05) is 0 Å². The molecule has 1 amide bonds. The van der Waals surface area contributed by atoms with E-state index in [2.05, 4.69) is 21.2 Å². The number of thioether (sulfide) groups is 1. The molecule has 10 heavy (non-hydrogen) atoms. The van der Waals surface area contributed by atoms with Crippen LogP contribution in [0.2, 0.25) is 0 Å². The molecule has 0 aliphatic carbocycles. The average molecular weight is 224 g/mol. The number of amides is 1. The normalized spacial score (nSPS) is 30.8. The molecule has 1 N–H and O–H groups in total. The molecule has 0 aromatic heterocycles. The molecule has 2 atom stereocenters. The molecule has 0 saturated carbocycles. The molecule has 1 rings (SSSR count). The lowest BCUT2D eigenvalue weighted by Gasteiger charge is -2.30. The second-order valence-electron chi connectivity index (χ2n) is 1.94. The molecule has 0 spiro atoms. The van der Waals surface area contributed by atoms with Crippen molar-refractivity contribution >= 4 is 38.7 Å². The van der Waals surface area contributed by atoms with Crippen molar-refractivity contribution < 1.29 is 9.59 Å². The van der Waals surface area contributed by atoms with Crippen molar-refractivity contribution in [3.8, 4) is 0 Å². The molecule has 56 valence electrons. The third-order valence-corrected chi connectivity index (χ3v) is 3.36. The first-order valence-electron chi connectivity index (χ1n) is 2.73. The van der Waals surface area contributed by atoms with Crippen LogP contribution in [0.4, 0.5) is 0 Å². The van der Waals surface area contributed by atoms with Crippen LogP contribution in [-0.2, 0) is 9.59 Å². The minimum absolute atomic E-state index is 0.0226. The number of hydrogen-bond donors (Lipinski definition) is 1. The molecule has 5 heteroatoms. The van der Waals surface area contributed by atoms with E-state index in [1.165, 1.54) is 6.92 Å². The summed E-state index contributed by atoms with van der Waals surface area (Å²) in [4.78, 5) is 20.8. The number of carbonyl (C=O) groups excluding carboxylic acids is 2. The van der Waals surface area contributed by atoms with E-state index < -0.39 is 0 Å². The van der Waals surface area contributed by atoms with Crippen molar-refractivity contribution in [3.63, 3.8) is 0 Å². The first-order valence-corrected chi connectivity index (χ1v) is 4.52. The Balaban J connectivity index is 2.34. The third-order valence-electron chi connectivity index (χ3n) is 1.09. The quantitative estimate of drug-likeness (QED) is 0.520. The molecular weight excluding hydrogens is 218 g/mol. The van der Waals surface area contributed by atoms with Crippen molar-refractivity contribution in [2.24, 2.45) is 0 Å². The first-order chi connectivity index (χ1) is 4.61. The van der Waals surface area contributed by atoms with Gasteiger partial charge in [0.2, 0.25) is 5.91 Å². The highest BCUT2D eigenvalue weighted by atomic mass is 79.9. The van der Waals surface area contributed by atoms with Crippen LogP contribution in [0.25, 0.3) is 0 Å². The van der Waals surface area contributed by atoms with Gasteiger partial charge in [-0.25, -0.2) is 0 Å². The van der Waals surface area contributed by atoms with E-state index in [1.54, 1.807) is 0 Å². The molecule has 1 fully saturated rings. The van der Waals surface area contributed by atoms with Crippen molar-refractivity contribution in [2.75, 3.05) is 0 Å². The van der Waals surface area contributed by atoms with Crippen LogP contribution in [0.15, 0.2) is 0 Å². The highest BCUT2D eigenvalue weighted by molar-refractivity contribution is 9.10. The highest BCUT2D eigenvalue weighted by Crippen LogP contribution is 2.25. The van der Waals surface area contributed by atoms with Gasteiger partial charge in [0.25, 0.3) is 0 Å². The number of nitrogens with one attached hydrogen (secondary N) is 1. The summed E-state index contributed by atoms with van der Waals surface area (Å²) in [5.41, 5.74) is 0. The topological polar surface area (TPSA) is 46.2 Å². The number of hydrogen-bond acceptors (Lipinski definition) is 3. The van der Waals surface area contributed by atoms with E-state index in [-0.39, 0.29) is 21.2 Å². The Bertz CT molecular complexity index is 184. The fraction of sp³-hybridized carbons (Fsp3) is 0.600. The summed E-state index contributed by atoms with van der Waals surface area (Å²) in [6, 6.07) is 0. The summed E-state index contributed by atoms with van der Waals surface area (Å²) < 4.78 is 0. The lowest BCUT2D eigenvalue weighted by Crippen LogP contribution is -2.57. The van der Waals surface area contributed by atoms with Crippen LogP contribution >= 0.6 is 27.7 Å². The Morgan fingerprint density at radius 2 is 2.40 bits per heavy atom. The zero-order chi connectivity index (χ0) is 7.72. The molecule has 0 aromatic carbocycles. The number of β-lactam (4-membered cyclic amide) rings is 1. The van der Waals surface area contributed by atoms with Gasteiger partial charge in [-0.15, -0.1) is 0 Å². The van der Waals surface area contributed by atoms with Crippen molar-refractivity contribution in [1.29, 1.82) is 0 Å². The van der Waals surface area contributed by atoms with Crippen LogP contribution in [0.1, 0.15) is 6.92 Å². The van der Waals surface area contributed by atoms with E-state index in [9.17, 15) is 9.59 Å². The molecule has 1 saturated heterocycles. The Hall–Kier alpha value is -0.0300. The lowest BCUT2D eigenvalue weighted by atomic mass is 10.3. The maximum Gasteiger partial charge on any atom is 0.237 e. The Morgan fingerprint density at radius 3 is 2.70 bits per heavy atom. The molecule has 0 aromatic rings. The Labute approximate surface area is 71.1 Å². The predicted octanol–water partition coefficient (Wildman–Crippen LogP) is 0.485. The largest absolute Gasteiger partial charge is 0.341 e. The van der Waals surface area contributed by atoms with Crippen LogP contribution in [-0.4, -0.2) is 21.2 Å². The van der Waals surface area contributed by atoms with Gasteiger partial charge in [0, 0.05) is 6.92 Å². The number of rotatable bonds is 1. The summed E-state index contributed by atoms with van der Waals surface area (Å²) >= 11 is 4.27. The van der Waals surface area contributed by atoms with Gasteiger partial charge < -0.3 is 5.32 Å². The maximum atomic E-state index is 10.5. The maximum absolute atomic E-state index is 10.5. The molecule has 1 aliphatic heterocycles. The molecule has 1 heterocycles. The summed E-state index contributed by atoms with van der Waals surface area (Å²) in [6.45, 7) is 1.48. The highest BCUT2D eigenvalue weighted by Gasteiger charge is 2.38. The van der Waals surface area contributed by atoms with E-state index >= 15 is 0 Å². The molecule has 0 radical (unpaired) electrons. The summed E-state index contributed by atoms with van der Waals surface area (Å²) in [5, 5.41) is 2.54. The summed E-state index contributed by atoms with van der Waals surface area (Å²) in [5.74, 6) is -0.0428. The Kier molecular flexibility index (Phi) is 2.36. The van der Waals surface area contributed by atoms with E-state index in [0.717, 1.165) is 11.8 Å². The minimum atomic E-state index is -0.193. The standard InChI is InChI=1S/C5H6BrNO2S/c1-2(8)10-5-3(6)4(9)7-5/h3,5H,1H3,(H,7,9)/t3-,5+/m0/s1. The fourth-order valence-electron chi connectivity index (χ4n) is 0.602. The van der Waals surface area contributed by atoms with Crippen LogP contribution in [0.3, 0.4) is 0 Å².